The minimum atomic E-state index is -1.41. The number of amides is 2. The van der Waals surface area contributed by atoms with E-state index in [4.69, 9.17) is 16.4 Å². The number of hydroxylamine groups is 2. The molecule has 0 radical (unpaired) electrons. The average molecular weight is 442 g/mol. The molecular weight excluding hydrogens is 418 g/mol. The Morgan fingerprint density at radius 1 is 1.29 bits per heavy atom. The number of hydrogen-bond acceptors (Lipinski definition) is 4. The molecule has 2 atom stereocenters. The Kier molecular flexibility index (Phi) is 5.75. The molecule has 1 heterocycles. The molecule has 0 fully saturated rings. The highest BCUT2D eigenvalue weighted by Gasteiger charge is 2.41. The number of H-pyrrole nitrogens is 1. The van der Waals surface area contributed by atoms with Crippen molar-refractivity contribution in [2.75, 3.05) is 14.2 Å². The summed E-state index contributed by atoms with van der Waals surface area (Å²) in [5.74, 6) is -0.626. The second-order valence-electron chi connectivity index (χ2n) is 7.93. The molecule has 3 aromatic rings. The lowest BCUT2D eigenvalue weighted by atomic mass is 9.74. The highest BCUT2D eigenvalue weighted by molar-refractivity contribution is 6.31. The van der Waals surface area contributed by atoms with Crippen molar-refractivity contribution in [2.45, 2.75) is 30.9 Å². The fourth-order valence-corrected chi connectivity index (χ4v) is 4.41. The molecule has 1 aliphatic carbocycles. The van der Waals surface area contributed by atoms with Crippen LogP contribution in [-0.2, 0) is 21.7 Å². The lowest BCUT2D eigenvalue weighted by molar-refractivity contribution is -0.174. The Balaban J connectivity index is 1.57. The summed E-state index contributed by atoms with van der Waals surface area (Å²) in [5.41, 5.74) is 1.42. The third-order valence-electron chi connectivity index (χ3n) is 5.80. The van der Waals surface area contributed by atoms with Crippen molar-refractivity contribution >= 4 is 34.3 Å². The minimum absolute atomic E-state index is 0.147. The number of nitrogens with zero attached hydrogens (tertiary/aromatic N) is 1. The SMILES string of the molecule is CON(C)C(=O)C[C@@]1(O)CC(NC(=O)c2cc3cc(Cl)ccc3[nH]2)Cc2ccccc21. The van der Waals surface area contributed by atoms with E-state index in [1.54, 1.807) is 18.2 Å². The van der Waals surface area contributed by atoms with Gasteiger partial charge in [-0.25, -0.2) is 5.06 Å². The number of rotatable bonds is 5. The van der Waals surface area contributed by atoms with Crippen molar-refractivity contribution < 1.29 is 19.5 Å². The van der Waals surface area contributed by atoms with Crippen LogP contribution in [0, 0.1) is 0 Å². The summed E-state index contributed by atoms with van der Waals surface area (Å²) in [6.07, 6.45) is 0.626. The van der Waals surface area contributed by atoms with Crippen molar-refractivity contribution in [3.8, 4) is 0 Å². The van der Waals surface area contributed by atoms with Gasteiger partial charge in [0.15, 0.2) is 0 Å². The normalized spacial score (nSPS) is 20.3. The number of aliphatic hydroxyl groups is 1. The molecule has 0 saturated carbocycles. The maximum Gasteiger partial charge on any atom is 0.267 e. The van der Waals surface area contributed by atoms with Crippen LogP contribution in [0.4, 0.5) is 0 Å². The molecule has 1 aromatic heterocycles. The van der Waals surface area contributed by atoms with Crippen LogP contribution >= 0.6 is 11.6 Å². The standard InChI is InChI=1S/C23H24ClN3O4/c1-27(31-2)21(28)13-23(30)12-17(10-14-5-3-4-6-18(14)23)25-22(29)20-11-15-9-16(24)7-8-19(15)26-20/h3-9,11,17,26,30H,10,12-13H2,1-2H3,(H,25,29)/t17?,23-/m0/s1. The van der Waals surface area contributed by atoms with Gasteiger partial charge < -0.3 is 15.4 Å². The van der Waals surface area contributed by atoms with Crippen molar-refractivity contribution in [1.82, 2.24) is 15.4 Å². The summed E-state index contributed by atoms with van der Waals surface area (Å²) in [6.45, 7) is 0. The first-order valence-corrected chi connectivity index (χ1v) is 10.4. The van der Waals surface area contributed by atoms with Gasteiger partial charge in [-0.3, -0.25) is 14.4 Å². The molecule has 0 saturated heterocycles. The molecule has 2 amide bonds. The van der Waals surface area contributed by atoms with Crippen molar-refractivity contribution in [1.29, 1.82) is 0 Å². The molecule has 3 N–H and O–H groups in total. The van der Waals surface area contributed by atoms with Crippen molar-refractivity contribution in [2.24, 2.45) is 0 Å². The van der Waals surface area contributed by atoms with Gasteiger partial charge in [0.2, 0.25) is 5.91 Å². The molecular formula is C23H24ClN3O4. The lowest BCUT2D eigenvalue weighted by Gasteiger charge is -2.39. The molecule has 4 rings (SSSR count). The van der Waals surface area contributed by atoms with Gasteiger partial charge in [-0.15, -0.1) is 0 Å². The maximum atomic E-state index is 12.9. The minimum Gasteiger partial charge on any atom is -0.385 e. The zero-order valence-corrected chi connectivity index (χ0v) is 18.1. The summed E-state index contributed by atoms with van der Waals surface area (Å²) < 4.78 is 0. The van der Waals surface area contributed by atoms with E-state index in [1.807, 2.05) is 30.3 Å². The largest absolute Gasteiger partial charge is 0.385 e. The second kappa shape index (κ2) is 8.34. The molecule has 31 heavy (non-hydrogen) atoms. The van der Waals surface area contributed by atoms with Gasteiger partial charge in [-0.2, -0.15) is 0 Å². The quantitative estimate of drug-likeness (QED) is 0.530. The Hall–Kier alpha value is -2.87. The van der Waals surface area contributed by atoms with Crippen LogP contribution in [0.25, 0.3) is 10.9 Å². The third kappa shape index (κ3) is 4.30. The van der Waals surface area contributed by atoms with Crippen LogP contribution in [0.3, 0.4) is 0 Å². The number of fused-ring (bicyclic) bond motifs is 2. The summed E-state index contributed by atoms with van der Waals surface area (Å²) in [5, 5.41) is 17.0. The predicted octanol–water partition coefficient (Wildman–Crippen LogP) is 3.16. The number of aromatic amines is 1. The first-order chi connectivity index (χ1) is 14.8. The van der Waals surface area contributed by atoms with E-state index in [9.17, 15) is 14.7 Å². The number of aromatic nitrogens is 1. The van der Waals surface area contributed by atoms with E-state index < -0.39 is 5.60 Å². The first kappa shape index (κ1) is 21.4. The van der Waals surface area contributed by atoms with E-state index in [2.05, 4.69) is 10.3 Å². The summed E-state index contributed by atoms with van der Waals surface area (Å²) in [6, 6.07) is 14.2. The van der Waals surface area contributed by atoms with Gasteiger partial charge in [-0.05, 0) is 41.8 Å². The molecule has 1 aliphatic rings. The molecule has 2 aromatic carbocycles. The predicted molar refractivity (Wildman–Crippen MR) is 118 cm³/mol. The number of benzene rings is 2. The molecule has 1 unspecified atom stereocenters. The van der Waals surface area contributed by atoms with Crippen LogP contribution in [0.2, 0.25) is 5.02 Å². The summed E-state index contributed by atoms with van der Waals surface area (Å²) >= 11 is 6.03. The van der Waals surface area contributed by atoms with E-state index in [1.165, 1.54) is 14.2 Å². The summed E-state index contributed by atoms with van der Waals surface area (Å²) in [4.78, 5) is 33.4. The maximum absolute atomic E-state index is 12.9. The zero-order valence-electron chi connectivity index (χ0n) is 17.3. The van der Waals surface area contributed by atoms with Gasteiger partial charge in [0.25, 0.3) is 5.91 Å². The Labute approximate surface area is 184 Å². The highest BCUT2D eigenvalue weighted by atomic mass is 35.5. The van der Waals surface area contributed by atoms with E-state index in [0.29, 0.717) is 22.7 Å². The lowest BCUT2D eigenvalue weighted by Crippen LogP contribution is -2.48. The van der Waals surface area contributed by atoms with E-state index in [-0.39, 0.29) is 30.7 Å². The average Bonchev–Trinajstić information content (AvgIpc) is 3.16. The van der Waals surface area contributed by atoms with E-state index >= 15 is 0 Å². The smallest absolute Gasteiger partial charge is 0.267 e. The third-order valence-corrected chi connectivity index (χ3v) is 6.04. The topological polar surface area (TPSA) is 94.7 Å². The second-order valence-corrected chi connectivity index (χ2v) is 8.37. The van der Waals surface area contributed by atoms with Crippen LogP contribution in [0.1, 0.15) is 34.5 Å². The molecule has 8 heteroatoms. The van der Waals surface area contributed by atoms with Crippen molar-refractivity contribution in [3.63, 3.8) is 0 Å². The number of carbonyl (C=O) groups is 2. The van der Waals surface area contributed by atoms with Crippen LogP contribution in [-0.4, -0.2) is 47.2 Å². The molecule has 0 bridgehead atoms. The van der Waals surface area contributed by atoms with E-state index in [0.717, 1.165) is 21.5 Å². The molecule has 0 spiro atoms. The number of carbonyl (C=O) groups excluding carboxylic acids is 2. The van der Waals surface area contributed by atoms with Gasteiger partial charge >= 0.3 is 0 Å². The van der Waals surface area contributed by atoms with Gasteiger partial charge in [0, 0.05) is 35.4 Å². The number of halogens is 1. The summed E-state index contributed by atoms with van der Waals surface area (Å²) in [7, 11) is 2.90. The van der Waals surface area contributed by atoms with Crippen molar-refractivity contribution in [3.05, 3.63) is 70.4 Å². The monoisotopic (exact) mass is 441 g/mol. The molecule has 0 aliphatic heterocycles. The van der Waals surface area contributed by atoms with Crippen LogP contribution in [0.5, 0.6) is 0 Å². The number of hydrogen-bond donors (Lipinski definition) is 3. The van der Waals surface area contributed by atoms with Gasteiger partial charge in [0.1, 0.15) is 11.3 Å². The van der Waals surface area contributed by atoms with Gasteiger partial charge in [0.05, 0.1) is 13.5 Å². The fraction of sp³-hybridized carbons (Fsp3) is 0.304. The fourth-order valence-electron chi connectivity index (χ4n) is 4.23. The molecule has 162 valence electrons. The van der Waals surface area contributed by atoms with Crippen LogP contribution < -0.4 is 5.32 Å². The Morgan fingerprint density at radius 3 is 2.84 bits per heavy atom. The zero-order chi connectivity index (χ0) is 22.2. The Bertz CT molecular complexity index is 1140. The first-order valence-electron chi connectivity index (χ1n) is 9.99. The molecule has 7 nitrogen and oxygen atoms in total. The number of nitrogens with one attached hydrogen (secondary N) is 2. The highest BCUT2D eigenvalue weighted by Crippen LogP contribution is 2.38. The van der Waals surface area contributed by atoms with Crippen LogP contribution in [0.15, 0.2) is 48.5 Å². The Morgan fingerprint density at radius 2 is 2.06 bits per heavy atom. The van der Waals surface area contributed by atoms with Gasteiger partial charge in [-0.1, -0.05) is 35.9 Å².